The van der Waals surface area contributed by atoms with E-state index >= 15 is 0 Å². The van der Waals surface area contributed by atoms with E-state index in [1.807, 2.05) is 0 Å². The van der Waals surface area contributed by atoms with Gasteiger partial charge in [-0.3, -0.25) is 4.79 Å². The Morgan fingerprint density at radius 1 is 1.57 bits per heavy atom. The number of hydrogen-bond acceptors (Lipinski definition) is 3. The van der Waals surface area contributed by atoms with Gasteiger partial charge in [-0.05, 0) is 19.8 Å². The van der Waals surface area contributed by atoms with Gasteiger partial charge in [0, 0.05) is 33.2 Å². The van der Waals surface area contributed by atoms with Gasteiger partial charge in [0.25, 0.3) is 0 Å². The number of nitrogens with one attached hydrogen (secondary N) is 2. The zero-order valence-electron chi connectivity index (χ0n) is 9.06. The molecular weight excluding hydrogens is 180 g/mol. The molecule has 0 bridgehead atoms. The van der Waals surface area contributed by atoms with Crippen LogP contribution in [0.2, 0.25) is 0 Å². The van der Waals surface area contributed by atoms with Crippen LogP contribution in [0.25, 0.3) is 0 Å². The minimum Gasteiger partial charge on any atom is -0.374 e. The molecule has 1 unspecified atom stereocenters. The van der Waals surface area contributed by atoms with Crippen molar-refractivity contribution >= 4 is 5.91 Å². The first-order valence-electron chi connectivity index (χ1n) is 5.21. The van der Waals surface area contributed by atoms with E-state index in [1.165, 1.54) is 0 Å². The Labute approximate surface area is 85.4 Å². The first-order valence-corrected chi connectivity index (χ1v) is 5.21. The second-order valence-corrected chi connectivity index (χ2v) is 4.00. The first-order chi connectivity index (χ1) is 6.66. The van der Waals surface area contributed by atoms with Gasteiger partial charge in [0.15, 0.2) is 0 Å². The zero-order valence-corrected chi connectivity index (χ0v) is 9.06. The summed E-state index contributed by atoms with van der Waals surface area (Å²) in [5.74, 6) is 0.0787. The highest BCUT2D eigenvalue weighted by Crippen LogP contribution is 2.23. The molecule has 0 aliphatic carbocycles. The summed E-state index contributed by atoms with van der Waals surface area (Å²) in [6.07, 6.45) is 2.79. The smallest absolute Gasteiger partial charge is 0.221 e. The molecule has 1 aliphatic heterocycles. The Balaban J connectivity index is 2.06. The Morgan fingerprint density at radius 2 is 2.36 bits per heavy atom. The van der Waals surface area contributed by atoms with Crippen LogP contribution in [0, 0.1) is 0 Å². The van der Waals surface area contributed by atoms with Gasteiger partial charge in [-0.15, -0.1) is 0 Å². The van der Waals surface area contributed by atoms with Gasteiger partial charge >= 0.3 is 0 Å². The van der Waals surface area contributed by atoms with Crippen molar-refractivity contribution in [3.05, 3.63) is 0 Å². The molecule has 1 amide bonds. The van der Waals surface area contributed by atoms with Crippen LogP contribution in [0.3, 0.4) is 0 Å². The highest BCUT2D eigenvalue weighted by molar-refractivity contribution is 5.75. The Bertz CT molecular complexity index is 189. The second-order valence-electron chi connectivity index (χ2n) is 4.00. The van der Waals surface area contributed by atoms with Gasteiger partial charge in [0.1, 0.15) is 0 Å². The third kappa shape index (κ3) is 3.64. The minimum atomic E-state index is -0.0112. The monoisotopic (exact) mass is 200 g/mol. The molecule has 0 aromatic carbocycles. The van der Waals surface area contributed by atoms with Crippen LogP contribution in [0.5, 0.6) is 0 Å². The van der Waals surface area contributed by atoms with Gasteiger partial charge < -0.3 is 15.4 Å². The Morgan fingerprint density at radius 3 is 2.93 bits per heavy atom. The van der Waals surface area contributed by atoms with Crippen molar-refractivity contribution in [1.82, 2.24) is 10.6 Å². The van der Waals surface area contributed by atoms with Crippen molar-refractivity contribution in [3.63, 3.8) is 0 Å². The molecule has 1 fully saturated rings. The fourth-order valence-electron chi connectivity index (χ4n) is 1.66. The van der Waals surface area contributed by atoms with Crippen LogP contribution in [0.15, 0.2) is 0 Å². The normalized spacial score (nSPS) is 26.4. The Kier molecular flexibility index (Phi) is 4.35. The van der Waals surface area contributed by atoms with Crippen molar-refractivity contribution in [1.29, 1.82) is 0 Å². The van der Waals surface area contributed by atoms with E-state index < -0.39 is 0 Å². The highest BCUT2D eigenvalue weighted by Gasteiger charge is 2.28. The topological polar surface area (TPSA) is 50.4 Å². The molecule has 0 radical (unpaired) electrons. The quantitative estimate of drug-likeness (QED) is 0.627. The summed E-state index contributed by atoms with van der Waals surface area (Å²) in [5, 5.41) is 5.84. The standard InChI is InChI=1S/C10H20N2O2/c1-10(5-3-7-14-10)8-12-6-4-9(13)11-2/h12H,3-8H2,1-2H3,(H,11,13). The number of rotatable bonds is 5. The maximum absolute atomic E-state index is 10.9. The third-order valence-electron chi connectivity index (χ3n) is 2.61. The molecule has 1 saturated heterocycles. The molecule has 0 saturated carbocycles. The summed E-state index contributed by atoms with van der Waals surface area (Å²) in [6, 6.07) is 0. The number of ether oxygens (including phenoxy) is 1. The number of hydrogen-bond donors (Lipinski definition) is 2. The summed E-state index contributed by atoms with van der Waals surface area (Å²) < 4.78 is 5.61. The Hall–Kier alpha value is -0.610. The van der Waals surface area contributed by atoms with E-state index in [-0.39, 0.29) is 11.5 Å². The number of amides is 1. The lowest BCUT2D eigenvalue weighted by Crippen LogP contribution is -2.38. The van der Waals surface area contributed by atoms with Gasteiger partial charge in [-0.1, -0.05) is 0 Å². The van der Waals surface area contributed by atoms with Gasteiger partial charge in [0.2, 0.25) is 5.91 Å². The molecule has 1 heterocycles. The average molecular weight is 200 g/mol. The van der Waals surface area contributed by atoms with E-state index in [9.17, 15) is 4.79 Å². The van der Waals surface area contributed by atoms with E-state index in [1.54, 1.807) is 7.05 Å². The lowest BCUT2D eigenvalue weighted by molar-refractivity contribution is -0.120. The molecule has 0 spiro atoms. The second kappa shape index (κ2) is 5.32. The van der Waals surface area contributed by atoms with E-state index in [2.05, 4.69) is 17.6 Å². The highest BCUT2D eigenvalue weighted by atomic mass is 16.5. The van der Waals surface area contributed by atoms with Crippen molar-refractivity contribution in [2.45, 2.75) is 31.8 Å². The van der Waals surface area contributed by atoms with E-state index in [0.717, 1.165) is 32.5 Å². The average Bonchev–Trinajstić information content (AvgIpc) is 2.60. The van der Waals surface area contributed by atoms with Crippen LogP contribution >= 0.6 is 0 Å². The first kappa shape index (κ1) is 11.5. The fourth-order valence-corrected chi connectivity index (χ4v) is 1.66. The lowest BCUT2D eigenvalue weighted by Gasteiger charge is -2.23. The van der Waals surface area contributed by atoms with Crippen LogP contribution in [-0.2, 0) is 9.53 Å². The molecule has 4 nitrogen and oxygen atoms in total. The molecule has 14 heavy (non-hydrogen) atoms. The molecule has 82 valence electrons. The van der Waals surface area contributed by atoms with Crippen molar-refractivity contribution < 1.29 is 9.53 Å². The predicted molar refractivity (Wildman–Crippen MR) is 55.1 cm³/mol. The summed E-state index contributed by atoms with van der Waals surface area (Å²) >= 11 is 0. The number of carbonyl (C=O) groups is 1. The SMILES string of the molecule is CNC(=O)CCNCC1(C)CCCO1. The van der Waals surface area contributed by atoms with E-state index in [4.69, 9.17) is 4.74 Å². The van der Waals surface area contributed by atoms with Crippen LogP contribution in [0.4, 0.5) is 0 Å². The predicted octanol–water partition coefficient (Wildman–Crippen LogP) is 0.281. The minimum absolute atomic E-state index is 0.0112. The molecular formula is C10H20N2O2. The van der Waals surface area contributed by atoms with Crippen molar-refractivity contribution in [3.8, 4) is 0 Å². The summed E-state index contributed by atoms with van der Waals surface area (Å²) in [6.45, 7) is 4.54. The molecule has 1 atom stereocenters. The van der Waals surface area contributed by atoms with Crippen molar-refractivity contribution in [2.75, 3.05) is 26.7 Å². The van der Waals surface area contributed by atoms with E-state index in [0.29, 0.717) is 6.42 Å². The molecule has 0 aromatic rings. The maximum atomic E-state index is 10.9. The lowest BCUT2D eigenvalue weighted by atomic mass is 10.0. The molecule has 4 heteroatoms. The molecule has 0 aromatic heterocycles. The molecule has 1 rings (SSSR count). The van der Waals surface area contributed by atoms with Crippen LogP contribution < -0.4 is 10.6 Å². The summed E-state index contributed by atoms with van der Waals surface area (Å²) in [5.41, 5.74) is -0.0112. The van der Waals surface area contributed by atoms with Gasteiger partial charge in [-0.25, -0.2) is 0 Å². The van der Waals surface area contributed by atoms with Gasteiger partial charge in [-0.2, -0.15) is 0 Å². The molecule has 1 aliphatic rings. The number of carbonyl (C=O) groups excluding carboxylic acids is 1. The van der Waals surface area contributed by atoms with Crippen molar-refractivity contribution in [2.24, 2.45) is 0 Å². The zero-order chi connectivity index (χ0) is 10.4. The maximum Gasteiger partial charge on any atom is 0.221 e. The summed E-state index contributed by atoms with van der Waals surface area (Å²) in [4.78, 5) is 10.9. The van der Waals surface area contributed by atoms with Crippen LogP contribution in [-0.4, -0.2) is 38.3 Å². The third-order valence-corrected chi connectivity index (χ3v) is 2.61. The van der Waals surface area contributed by atoms with Gasteiger partial charge in [0.05, 0.1) is 5.60 Å². The van der Waals surface area contributed by atoms with Crippen LogP contribution in [0.1, 0.15) is 26.2 Å². The largest absolute Gasteiger partial charge is 0.374 e. The molecule has 2 N–H and O–H groups in total. The summed E-state index contributed by atoms with van der Waals surface area (Å²) in [7, 11) is 1.66. The fraction of sp³-hybridized carbons (Fsp3) is 0.900.